The second kappa shape index (κ2) is 9.35. The fourth-order valence-electron chi connectivity index (χ4n) is 2.87. The zero-order valence-electron chi connectivity index (χ0n) is 15.5. The molecule has 1 unspecified atom stereocenters. The number of hydrogen-bond donors (Lipinski definition) is 2. The van der Waals surface area contributed by atoms with Gasteiger partial charge in [-0.05, 0) is 49.1 Å². The Balaban J connectivity index is 1.76. The van der Waals surface area contributed by atoms with Gasteiger partial charge in [0, 0.05) is 18.6 Å². The van der Waals surface area contributed by atoms with E-state index >= 15 is 0 Å². The first kappa shape index (κ1) is 19.1. The maximum Gasteiger partial charge on any atom is 0.194 e. The van der Waals surface area contributed by atoms with Gasteiger partial charge in [-0.25, -0.2) is 4.98 Å². The number of rotatable bonds is 9. The van der Waals surface area contributed by atoms with Crippen molar-refractivity contribution in [1.82, 2.24) is 4.98 Å². The van der Waals surface area contributed by atoms with Crippen LogP contribution < -0.4 is 4.74 Å². The Labute approximate surface area is 159 Å². The van der Waals surface area contributed by atoms with E-state index in [1.165, 1.54) is 0 Å². The molecule has 0 amide bonds. The van der Waals surface area contributed by atoms with Crippen LogP contribution in [0.3, 0.4) is 0 Å². The zero-order chi connectivity index (χ0) is 19.1. The predicted octanol–water partition coefficient (Wildman–Crippen LogP) is 4.89. The predicted molar refractivity (Wildman–Crippen MR) is 104 cm³/mol. The van der Waals surface area contributed by atoms with Crippen molar-refractivity contribution in [3.63, 3.8) is 0 Å². The van der Waals surface area contributed by atoms with Gasteiger partial charge in [0.05, 0.1) is 6.10 Å². The van der Waals surface area contributed by atoms with Crippen LogP contribution in [0.15, 0.2) is 59.2 Å². The highest BCUT2D eigenvalue weighted by Gasteiger charge is 2.12. The first-order chi connectivity index (χ1) is 13.2. The van der Waals surface area contributed by atoms with E-state index in [0.29, 0.717) is 24.3 Å². The van der Waals surface area contributed by atoms with Crippen molar-refractivity contribution in [2.24, 2.45) is 0 Å². The summed E-state index contributed by atoms with van der Waals surface area (Å²) in [5.41, 5.74) is 2.44. The molecule has 5 nitrogen and oxygen atoms in total. The fraction of sp³-hybridized carbons (Fsp3) is 0.318. The number of benzene rings is 2. The lowest BCUT2D eigenvalue weighted by molar-refractivity contribution is 0.152. The SMILES string of the molecule is CCCc1nc(-c2ccccc2Oc2ccc(C(O)CCCO)cc2)co1. The van der Waals surface area contributed by atoms with Gasteiger partial charge in [0.1, 0.15) is 23.5 Å². The molecule has 0 bridgehead atoms. The molecule has 2 N–H and O–H groups in total. The van der Waals surface area contributed by atoms with Crippen molar-refractivity contribution >= 4 is 0 Å². The molecule has 0 aliphatic heterocycles. The molecule has 0 spiro atoms. The number of aliphatic hydroxyl groups excluding tert-OH is 2. The fourth-order valence-corrected chi connectivity index (χ4v) is 2.87. The second-order valence-electron chi connectivity index (χ2n) is 6.43. The van der Waals surface area contributed by atoms with Crippen LogP contribution >= 0.6 is 0 Å². The molecule has 3 rings (SSSR count). The first-order valence-corrected chi connectivity index (χ1v) is 9.31. The molecule has 0 saturated heterocycles. The highest BCUT2D eigenvalue weighted by atomic mass is 16.5. The van der Waals surface area contributed by atoms with Crippen LogP contribution in [0.4, 0.5) is 0 Å². The lowest BCUT2D eigenvalue weighted by Crippen LogP contribution is -1.98. The van der Waals surface area contributed by atoms with Crippen molar-refractivity contribution in [1.29, 1.82) is 0 Å². The smallest absolute Gasteiger partial charge is 0.194 e. The van der Waals surface area contributed by atoms with Gasteiger partial charge in [-0.15, -0.1) is 0 Å². The molecule has 0 aliphatic rings. The summed E-state index contributed by atoms with van der Waals surface area (Å²) in [4.78, 5) is 4.54. The van der Waals surface area contributed by atoms with Crippen molar-refractivity contribution in [3.05, 3.63) is 66.2 Å². The molecule has 0 aliphatic carbocycles. The van der Waals surface area contributed by atoms with Gasteiger partial charge in [-0.2, -0.15) is 0 Å². The third-order valence-electron chi connectivity index (χ3n) is 4.31. The average molecular weight is 367 g/mol. The number of hydrogen-bond acceptors (Lipinski definition) is 5. The summed E-state index contributed by atoms with van der Waals surface area (Å²) in [6, 6.07) is 15.1. The summed E-state index contributed by atoms with van der Waals surface area (Å²) < 4.78 is 11.6. The van der Waals surface area contributed by atoms with E-state index in [1.54, 1.807) is 6.26 Å². The van der Waals surface area contributed by atoms with Crippen molar-refractivity contribution in [2.75, 3.05) is 6.61 Å². The van der Waals surface area contributed by atoms with Gasteiger partial charge in [-0.3, -0.25) is 0 Å². The van der Waals surface area contributed by atoms with Crippen LogP contribution in [0.5, 0.6) is 11.5 Å². The molecule has 27 heavy (non-hydrogen) atoms. The molecule has 1 heterocycles. The Hall–Kier alpha value is -2.63. The van der Waals surface area contributed by atoms with Gasteiger partial charge in [0.15, 0.2) is 5.89 Å². The van der Waals surface area contributed by atoms with E-state index in [4.69, 9.17) is 14.3 Å². The number of para-hydroxylation sites is 1. The Morgan fingerprint density at radius 1 is 1.11 bits per heavy atom. The molecule has 5 heteroatoms. The van der Waals surface area contributed by atoms with E-state index < -0.39 is 6.10 Å². The van der Waals surface area contributed by atoms with Crippen molar-refractivity contribution < 1.29 is 19.4 Å². The minimum atomic E-state index is -0.578. The summed E-state index contributed by atoms with van der Waals surface area (Å²) in [7, 11) is 0. The summed E-state index contributed by atoms with van der Waals surface area (Å²) in [5.74, 6) is 2.10. The Bertz CT molecular complexity index is 842. The Morgan fingerprint density at radius 3 is 2.63 bits per heavy atom. The van der Waals surface area contributed by atoms with Crippen LogP contribution in [0, 0.1) is 0 Å². The maximum atomic E-state index is 10.1. The summed E-state index contributed by atoms with van der Waals surface area (Å²) >= 11 is 0. The Morgan fingerprint density at radius 2 is 1.89 bits per heavy atom. The number of aryl methyl sites for hydroxylation is 1. The number of aliphatic hydroxyl groups is 2. The number of aromatic nitrogens is 1. The first-order valence-electron chi connectivity index (χ1n) is 9.31. The van der Waals surface area contributed by atoms with E-state index in [0.717, 1.165) is 35.6 Å². The maximum absolute atomic E-state index is 10.1. The van der Waals surface area contributed by atoms with E-state index in [-0.39, 0.29) is 6.61 Å². The summed E-state index contributed by atoms with van der Waals surface area (Å²) in [5, 5.41) is 19.0. The van der Waals surface area contributed by atoms with Crippen LogP contribution in [-0.2, 0) is 6.42 Å². The number of nitrogens with zero attached hydrogens (tertiary/aromatic N) is 1. The molecule has 1 atom stereocenters. The molecular weight excluding hydrogens is 342 g/mol. The van der Waals surface area contributed by atoms with Crippen LogP contribution in [0.2, 0.25) is 0 Å². The molecule has 0 saturated carbocycles. The monoisotopic (exact) mass is 367 g/mol. The number of oxazole rings is 1. The quantitative estimate of drug-likeness (QED) is 0.563. The molecular formula is C22H25NO4. The number of ether oxygens (including phenoxy) is 1. The minimum absolute atomic E-state index is 0.0804. The largest absolute Gasteiger partial charge is 0.457 e. The molecule has 2 aromatic carbocycles. The zero-order valence-corrected chi connectivity index (χ0v) is 15.5. The van der Waals surface area contributed by atoms with Crippen molar-refractivity contribution in [3.8, 4) is 22.8 Å². The lowest BCUT2D eigenvalue weighted by Gasteiger charge is -2.12. The topological polar surface area (TPSA) is 75.7 Å². The van der Waals surface area contributed by atoms with E-state index in [9.17, 15) is 5.11 Å². The van der Waals surface area contributed by atoms with Crippen LogP contribution in [-0.4, -0.2) is 21.8 Å². The van der Waals surface area contributed by atoms with E-state index in [1.807, 2.05) is 48.5 Å². The average Bonchev–Trinajstić information content (AvgIpc) is 3.16. The van der Waals surface area contributed by atoms with Gasteiger partial charge in [-0.1, -0.05) is 31.2 Å². The Kier molecular flexibility index (Phi) is 6.63. The molecule has 0 radical (unpaired) electrons. The third kappa shape index (κ3) is 4.96. The molecule has 1 aromatic heterocycles. The minimum Gasteiger partial charge on any atom is -0.457 e. The lowest BCUT2D eigenvalue weighted by atomic mass is 10.1. The molecule has 3 aromatic rings. The molecule has 0 fully saturated rings. The highest BCUT2D eigenvalue weighted by Crippen LogP contribution is 2.33. The van der Waals surface area contributed by atoms with Gasteiger partial charge < -0.3 is 19.4 Å². The second-order valence-corrected chi connectivity index (χ2v) is 6.43. The summed E-state index contributed by atoms with van der Waals surface area (Å²) in [6.45, 7) is 2.17. The standard InChI is InChI=1S/C22H25NO4/c1-2-6-22-23-19(15-26-22)18-7-3-4-9-21(18)27-17-12-10-16(11-13-17)20(25)8-5-14-24/h3-4,7,9-13,15,20,24-25H,2,5-6,8,14H2,1H3. The summed E-state index contributed by atoms with van der Waals surface area (Å²) in [6.07, 6.45) is 3.98. The van der Waals surface area contributed by atoms with Gasteiger partial charge in [0.2, 0.25) is 0 Å². The normalized spacial score (nSPS) is 12.1. The highest BCUT2D eigenvalue weighted by molar-refractivity contribution is 5.66. The van der Waals surface area contributed by atoms with Gasteiger partial charge >= 0.3 is 0 Å². The molecule has 142 valence electrons. The van der Waals surface area contributed by atoms with Gasteiger partial charge in [0.25, 0.3) is 0 Å². The van der Waals surface area contributed by atoms with Crippen LogP contribution in [0.1, 0.15) is 43.7 Å². The third-order valence-corrected chi connectivity index (χ3v) is 4.31. The van der Waals surface area contributed by atoms with Crippen molar-refractivity contribution in [2.45, 2.75) is 38.7 Å². The van der Waals surface area contributed by atoms with E-state index in [2.05, 4.69) is 11.9 Å². The van der Waals surface area contributed by atoms with Crippen LogP contribution in [0.25, 0.3) is 11.3 Å².